The molecule has 0 bridgehead atoms. The van der Waals surface area contributed by atoms with Gasteiger partial charge in [0, 0.05) is 24.8 Å². The highest BCUT2D eigenvalue weighted by Gasteiger charge is 2.60. The molecule has 1 saturated heterocycles. The number of hydrogen-bond acceptors (Lipinski definition) is 6. The van der Waals surface area contributed by atoms with Crippen LogP contribution in [0.15, 0.2) is 41.3 Å². The lowest BCUT2D eigenvalue weighted by atomic mass is 10.0. The Bertz CT molecular complexity index is 865. The van der Waals surface area contributed by atoms with E-state index in [1.54, 1.807) is 12.3 Å². The van der Waals surface area contributed by atoms with Crippen molar-refractivity contribution in [1.29, 1.82) is 0 Å². The molecule has 2 fully saturated rings. The second-order valence-electron chi connectivity index (χ2n) is 7.81. The molecule has 0 amide bonds. The summed E-state index contributed by atoms with van der Waals surface area (Å²) in [5.41, 5.74) is 13.0. The molecule has 1 unspecified atom stereocenters. The third-order valence-electron chi connectivity index (χ3n) is 6.29. The van der Waals surface area contributed by atoms with E-state index in [1.807, 2.05) is 24.3 Å². The number of aromatic nitrogens is 2. The molecule has 2 aromatic rings. The van der Waals surface area contributed by atoms with E-state index in [0.29, 0.717) is 23.8 Å². The largest absolute Gasteiger partial charge is 0.395 e. The number of rotatable bonds is 6. The molecule has 7 nitrogen and oxygen atoms in total. The SMILES string of the molecule is CC(Cc1ccc(-n2ccc(N)nc2=O)cc1)N1C[C@@H]2[C@@H](CN)[C@@H]2[C@H]1CO. The van der Waals surface area contributed by atoms with Gasteiger partial charge in [-0.2, -0.15) is 4.98 Å². The molecule has 5 atom stereocenters. The Morgan fingerprint density at radius 1 is 1.30 bits per heavy atom. The average molecular weight is 369 g/mol. The van der Waals surface area contributed by atoms with Crippen molar-refractivity contribution >= 4 is 5.82 Å². The first-order valence-corrected chi connectivity index (χ1v) is 9.54. The van der Waals surface area contributed by atoms with Crippen LogP contribution >= 0.6 is 0 Å². The van der Waals surface area contributed by atoms with Crippen LogP contribution in [0.1, 0.15) is 12.5 Å². The maximum atomic E-state index is 12.0. The number of anilines is 1. The second-order valence-corrected chi connectivity index (χ2v) is 7.81. The van der Waals surface area contributed by atoms with Crippen LogP contribution in [0.4, 0.5) is 5.82 Å². The van der Waals surface area contributed by atoms with Gasteiger partial charge in [0.2, 0.25) is 0 Å². The molecule has 27 heavy (non-hydrogen) atoms. The van der Waals surface area contributed by atoms with Crippen LogP contribution in [0.2, 0.25) is 0 Å². The van der Waals surface area contributed by atoms with Crippen molar-refractivity contribution in [2.75, 3.05) is 25.4 Å². The summed E-state index contributed by atoms with van der Waals surface area (Å²) in [5.74, 6) is 2.04. The van der Waals surface area contributed by atoms with E-state index in [-0.39, 0.29) is 24.2 Å². The summed E-state index contributed by atoms with van der Waals surface area (Å²) in [7, 11) is 0. The molecular formula is C20H27N5O2. The fraction of sp³-hybridized carbons (Fsp3) is 0.500. The van der Waals surface area contributed by atoms with Crippen molar-refractivity contribution in [3.8, 4) is 5.69 Å². The van der Waals surface area contributed by atoms with Crippen LogP contribution in [0.25, 0.3) is 5.69 Å². The Balaban J connectivity index is 1.43. The Morgan fingerprint density at radius 3 is 2.67 bits per heavy atom. The molecule has 144 valence electrons. The summed E-state index contributed by atoms with van der Waals surface area (Å²) >= 11 is 0. The standard InChI is InChI=1S/C20H27N5O2/c1-12(25-10-16-15(9-21)19(16)17(25)11-26)8-13-2-4-14(5-3-13)24-7-6-18(22)23-20(24)27/h2-7,12,15-17,19,26H,8-11,21H2,1H3,(H2,22,23,27)/t12?,15-,16-,17-,19+/m1/s1. The van der Waals surface area contributed by atoms with Crippen LogP contribution < -0.4 is 17.2 Å². The van der Waals surface area contributed by atoms with Crippen LogP contribution in [0.5, 0.6) is 0 Å². The van der Waals surface area contributed by atoms with Crippen molar-refractivity contribution in [3.63, 3.8) is 0 Å². The van der Waals surface area contributed by atoms with Gasteiger partial charge in [0.05, 0.1) is 12.3 Å². The monoisotopic (exact) mass is 369 g/mol. The molecular weight excluding hydrogens is 342 g/mol. The van der Waals surface area contributed by atoms with Crippen molar-refractivity contribution in [2.45, 2.75) is 25.4 Å². The van der Waals surface area contributed by atoms with Gasteiger partial charge in [-0.05, 0) is 61.4 Å². The summed E-state index contributed by atoms with van der Waals surface area (Å²) in [4.78, 5) is 18.2. The average Bonchev–Trinajstić information content (AvgIpc) is 3.21. The van der Waals surface area contributed by atoms with Gasteiger partial charge in [0.25, 0.3) is 0 Å². The zero-order chi connectivity index (χ0) is 19.1. The zero-order valence-electron chi connectivity index (χ0n) is 15.5. The van der Waals surface area contributed by atoms with Gasteiger partial charge in [0.15, 0.2) is 0 Å². The first-order chi connectivity index (χ1) is 13.0. The summed E-state index contributed by atoms with van der Waals surface area (Å²) in [6.45, 7) is 4.18. The number of piperidine rings is 1. The number of fused-ring (bicyclic) bond motifs is 1. The van der Waals surface area contributed by atoms with E-state index in [4.69, 9.17) is 11.5 Å². The quantitative estimate of drug-likeness (QED) is 0.673. The van der Waals surface area contributed by atoms with E-state index in [9.17, 15) is 9.90 Å². The lowest BCUT2D eigenvalue weighted by Gasteiger charge is -2.33. The van der Waals surface area contributed by atoms with E-state index in [1.165, 1.54) is 10.1 Å². The zero-order valence-corrected chi connectivity index (χ0v) is 15.5. The van der Waals surface area contributed by atoms with Crippen LogP contribution in [-0.2, 0) is 6.42 Å². The van der Waals surface area contributed by atoms with E-state index in [0.717, 1.165) is 25.2 Å². The summed E-state index contributed by atoms with van der Waals surface area (Å²) in [5, 5.41) is 9.84. The maximum Gasteiger partial charge on any atom is 0.354 e. The molecule has 1 aromatic heterocycles. The fourth-order valence-electron chi connectivity index (χ4n) is 4.83. The van der Waals surface area contributed by atoms with Gasteiger partial charge in [-0.25, -0.2) is 4.79 Å². The molecule has 1 aliphatic heterocycles. The smallest absolute Gasteiger partial charge is 0.354 e. The van der Waals surface area contributed by atoms with Crippen LogP contribution in [-0.4, -0.2) is 51.3 Å². The molecule has 0 radical (unpaired) electrons. The Kier molecular flexibility index (Phi) is 4.75. The number of nitrogens with zero attached hydrogens (tertiary/aromatic N) is 3. The van der Waals surface area contributed by atoms with Gasteiger partial charge in [-0.1, -0.05) is 12.1 Å². The summed E-state index contributed by atoms with van der Waals surface area (Å²) < 4.78 is 1.48. The van der Waals surface area contributed by atoms with Gasteiger partial charge in [0.1, 0.15) is 5.82 Å². The molecule has 7 heteroatoms. The lowest BCUT2D eigenvalue weighted by Crippen LogP contribution is -2.44. The first-order valence-electron chi connectivity index (χ1n) is 9.54. The van der Waals surface area contributed by atoms with Gasteiger partial charge in [-0.3, -0.25) is 9.47 Å². The maximum absolute atomic E-state index is 12.0. The van der Waals surface area contributed by atoms with Gasteiger partial charge >= 0.3 is 5.69 Å². The van der Waals surface area contributed by atoms with E-state index >= 15 is 0 Å². The molecule has 1 saturated carbocycles. The summed E-state index contributed by atoms with van der Waals surface area (Å²) in [6.07, 6.45) is 2.54. The molecule has 1 aromatic carbocycles. The van der Waals surface area contributed by atoms with Crippen molar-refractivity contribution in [1.82, 2.24) is 14.5 Å². The highest BCUT2D eigenvalue weighted by molar-refractivity contribution is 5.36. The minimum atomic E-state index is -0.382. The Morgan fingerprint density at radius 2 is 2.04 bits per heavy atom. The Hall–Kier alpha value is -2.22. The Labute approximate surface area is 158 Å². The minimum Gasteiger partial charge on any atom is -0.395 e. The van der Waals surface area contributed by atoms with Gasteiger partial charge in [-0.15, -0.1) is 0 Å². The molecule has 4 rings (SSSR count). The third kappa shape index (κ3) is 3.26. The summed E-state index contributed by atoms with van der Waals surface area (Å²) in [6, 6.07) is 10.1. The van der Waals surface area contributed by atoms with Crippen molar-refractivity contribution < 1.29 is 5.11 Å². The number of aliphatic hydroxyl groups excluding tert-OH is 1. The molecule has 2 heterocycles. The van der Waals surface area contributed by atoms with E-state index in [2.05, 4.69) is 16.8 Å². The highest BCUT2D eigenvalue weighted by Crippen LogP contribution is 2.55. The minimum absolute atomic E-state index is 0.202. The molecule has 0 spiro atoms. The second kappa shape index (κ2) is 7.07. The predicted octanol–water partition coefficient (Wildman–Crippen LogP) is 0.243. The van der Waals surface area contributed by atoms with Crippen molar-refractivity contribution in [2.24, 2.45) is 23.5 Å². The number of benzene rings is 1. The number of likely N-dealkylation sites (tertiary alicyclic amines) is 1. The molecule has 1 aliphatic carbocycles. The molecule has 2 aliphatic rings. The number of hydrogen-bond donors (Lipinski definition) is 3. The van der Waals surface area contributed by atoms with Crippen LogP contribution in [0.3, 0.4) is 0 Å². The lowest BCUT2D eigenvalue weighted by molar-refractivity contribution is 0.0960. The topological polar surface area (TPSA) is 110 Å². The fourth-order valence-corrected chi connectivity index (χ4v) is 4.83. The first kappa shape index (κ1) is 18.2. The number of aliphatic hydroxyl groups is 1. The van der Waals surface area contributed by atoms with E-state index < -0.39 is 0 Å². The number of nitrogen functional groups attached to an aromatic ring is 1. The van der Waals surface area contributed by atoms with Crippen LogP contribution in [0, 0.1) is 17.8 Å². The van der Waals surface area contributed by atoms with Crippen molar-refractivity contribution in [3.05, 3.63) is 52.6 Å². The number of nitrogens with two attached hydrogens (primary N) is 2. The third-order valence-corrected chi connectivity index (χ3v) is 6.29. The van der Waals surface area contributed by atoms with Gasteiger partial charge < -0.3 is 16.6 Å². The highest BCUT2D eigenvalue weighted by atomic mass is 16.3. The predicted molar refractivity (Wildman–Crippen MR) is 105 cm³/mol. The molecule has 5 N–H and O–H groups in total. The normalized spacial score (nSPS) is 28.1.